The van der Waals surface area contributed by atoms with Crippen molar-refractivity contribution in [2.45, 2.75) is 4.90 Å². The van der Waals surface area contributed by atoms with E-state index in [0.717, 1.165) is 38.4 Å². The largest absolute Gasteiger partial charge is 0.338 e. The molecule has 0 spiro atoms. The summed E-state index contributed by atoms with van der Waals surface area (Å²) in [5, 5.41) is 8.94. The van der Waals surface area contributed by atoms with Gasteiger partial charge in [-0.3, -0.25) is 0 Å². The van der Waals surface area contributed by atoms with Crippen molar-refractivity contribution in [3.05, 3.63) is 66.2 Å². The highest BCUT2D eigenvalue weighted by atomic mass is 32.2. The molecule has 148 valence electrons. The minimum atomic E-state index is -3.68. The molecule has 0 aliphatic carbocycles. The van der Waals surface area contributed by atoms with Gasteiger partial charge in [-0.25, -0.2) is 13.6 Å². The van der Waals surface area contributed by atoms with Crippen molar-refractivity contribution in [1.82, 2.24) is 4.90 Å². The van der Waals surface area contributed by atoms with Crippen LogP contribution in [0.3, 0.4) is 0 Å². The highest BCUT2D eigenvalue weighted by Gasteiger charge is 2.21. The first-order valence-corrected chi connectivity index (χ1v) is 11.1. The Bertz CT molecular complexity index is 920. The molecule has 4 N–H and O–H groups in total. The Morgan fingerprint density at radius 3 is 2.36 bits per heavy atom. The molecule has 0 radical (unpaired) electrons. The lowest BCUT2D eigenvalue weighted by molar-refractivity contribution is -0.897. The molecule has 1 aliphatic heterocycles. The normalized spacial score (nSPS) is 15.7. The molecule has 1 fully saturated rings. The van der Waals surface area contributed by atoms with E-state index >= 15 is 0 Å². The average molecular weight is 418 g/mol. The molecule has 1 saturated heterocycles. The number of primary sulfonamides is 1. The Balaban J connectivity index is 1.45. The lowest BCUT2D eigenvalue weighted by atomic mass is 10.2. The van der Waals surface area contributed by atoms with Crippen molar-refractivity contribution in [1.29, 1.82) is 0 Å². The summed E-state index contributed by atoms with van der Waals surface area (Å²) in [5.41, 5.74) is 1.97. The lowest BCUT2D eigenvalue weighted by Gasteiger charge is -2.33. The summed E-state index contributed by atoms with van der Waals surface area (Å²) >= 11 is 5.50. The Hall–Kier alpha value is -2.26. The molecule has 8 heteroatoms. The Kier molecular flexibility index (Phi) is 6.79. The zero-order valence-corrected chi connectivity index (χ0v) is 17.2. The van der Waals surface area contributed by atoms with Crippen LogP contribution in [0.1, 0.15) is 5.56 Å². The number of sulfonamides is 1. The molecule has 3 rings (SSSR count). The number of quaternary nitrogens is 1. The molecule has 1 heterocycles. The monoisotopic (exact) mass is 417 g/mol. The maximum Gasteiger partial charge on any atom is 0.238 e. The van der Waals surface area contributed by atoms with Gasteiger partial charge in [-0.05, 0) is 48.1 Å². The molecule has 0 atom stereocenters. The lowest BCUT2D eigenvalue weighted by Crippen LogP contribution is -3.14. The van der Waals surface area contributed by atoms with Crippen molar-refractivity contribution in [2.75, 3.05) is 38.0 Å². The fourth-order valence-electron chi connectivity index (χ4n) is 3.09. The molecular formula is C20H25N4O2S2+. The van der Waals surface area contributed by atoms with Crippen LogP contribution in [-0.4, -0.2) is 51.2 Å². The van der Waals surface area contributed by atoms with Gasteiger partial charge in [0.15, 0.2) is 5.11 Å². The van der Waals surface area contributed by atoms with Crippen LogP contribution in [0, 0.1) is 0 Å². The minimum Gasteiger partial charge on any atom is -0.338 e. The van der Waals surface area contributed by atoms with Crippen LogP contribution in [0.2, 0.25) is 0 Å². The highest BCUT2D eigenvalue weighted by molar-refractivity contribution is 7.89. The number of benzene rings is 2. The van der Waals surface area contributed by atoms with Crippen LogP contribution in [0.25, 0.3) is 6.08 Å². The van der Waals surface area contributed by atoms with Gasteiger partial charge in [-0.2, -0.15) is 0 Å². The van der Waals surface area contributed by atoms with E-state index in [9.17, 15) is 8.42 Å². The summed E-state index contributed by atoms with van der Waals surface area (Å²) in [7, 11) is -3.68. The van der Waals surface area contributed by atoms with Gasteiger partial charge in [0.1, 0.15) is 0 Å². The summed E-state index contributed by atoms with van der Waals surface area (Å²) in [4.78, 5) is 3.77. The number of thiocarbonyl (C=S) groups is 1. The fraction of sp³-hybridized carbons (Fsp3) is 0.250. The van der Waals surface area contributed by atoms with Gasteiger partial charge < -0.3 is 15.1 Å². The molecule has 0 amide bonds. The van der Waals surface area contributed by atoms with E-state index in [2.05, 4.69) is 34.5 Å². The van der Waals surface area contributed by atoms with E-state index in [-0.39, 0.29) is 4.90 Å². The van der Waals surface area contributed by atoms with E-state index in [1.807, 2.05) is 18.2 Å². The summed E-state index contributed by atoms with van der Waals surface area (Å²) < 4.78 is 22.6. The number of piperazine rings is 1. The van der Waals surface area contributed by atoms with Gasteiger partial charge in [0.05, 0.1) is 37.6 Å². The molecule has 0 unspecified atom stereocenters. The number of hydrogen-bond acceptors (Lipinski definition) is 3. The van der Waals surface area contributed by atoms with Crippen molar-refractivity contribution in [3.8, 4) is 0 Å². The number of rotatable bonds is 5. The van der Waals surface area contributed by atoms with Gasteiger partial charge in [0, 0.05) is 5.69 Å². The first-order valence-electron chi connectivity index (χ1n) is 9.16. The molecule has 28 heavy (non-hydrogen) atoms. The maximum absolute atomic E-state index is 11.3. The van der Waals surface area contributed by atoms with Crippen LogP contribution in [-0.2, 0) is 10.0 Å². The van der Waals surface area contributed by atoms with Crippen molar-refractivity contribution in [2.24, 2.45) is 5.14 Å². The molecule has 2 aromatic rings. The zero-order chi connectivity index (χ0) is 20.0. The second kappa shape index (κ2) is 9.29. The predicted molar refractivity (Wildman–Crippen MR) is 117 cm³/mol. The Labute approximate surface area is 171 Å². The molecule has 1 aliphatic rings. The molecule has 2 aromatic carbocycles. The number of nitrogens with zero attached hydrogens (tertiary/aromatic N) is 1. The third kappa shape index (κ3) is 5.87. The summed E-state index contributed by atoms with van der Waals surface area (Å²) in [6.07, 6.45) is 4.39. The fourth-order valence-corrected chi connectivity index (χ4v) is 3.90. The van der Waals surface area contributed by atoms with Crippen LogP contribution in [0.5, 0.6) is 0 Å². The number of nitrogens with two attached hydrogens (primary N) is 1. The molecule has 0 aromatic heterocycles. The number of nitrogens with one attached hydrogen (secondary N) is 2. The standard InChI is InChI=1S/C20H24N4O2S2/c21-28(25,26)19-10-8-18(9-11-19)22-20(27)24-15-13-23(14-16-24)12-4-7-17-5-2-1-3-6-17/h1-11H,12-16H2,(H,22,27)(H2,21,25,26)/p+1. The SMILES string of the molecule is NS(=O)(=O)c1ccc(NC(=S)N2CC[NH+](CC=Cc3ccccc3)CC2)cc1. The van der Waals surface area contributed by atoms with Gasteiger partial charge in [0.25, 0.3) is 0 Å². The van der Waals surface area contributed by atoms with Crippen LogP contribution < -0.4 is 15.4 Å². The minimum absolute atomic E-state index is 0.0877. The summed E-state index contributed by atoms with van der Waals surface area (Å²) in [5.74, 6) is 0. The second-order valence-electron chi connectivity index (χ2n) is 6.75. The Morgan fingerprint density at radius 2 is 1.75 bits per heavy atom. The van der Waals surface area contributed by atoms with E-state index < -0.39 is 10.0 Å². The van der Waals surface area contributed by atoms with Gasteiger partial charge in [0.2, 0.25) is 10.0 Å². The third-order valence-electron chi connectivity index (χ3n) is 4.71. The first-order chi connectivity index (χ1) is 13.4. The van der Waals surface area contributed by atoms with Crippen molar-refractivity contribution >= 4 is 39.1 Å². The number of hydrogen-bond donors (Lipinski definition) is 3. The van der Waals surface area contributed by atoms with Gasteiger partial charge in [-0.1, -0.05) is 36.4 Å². The highest BCUT2D eigenvalue weighted by Crippen LogP contribution is 2.13. The molecule has 0 bridgehead atoms. The smallest absolute Gasteiger partial charge is 0.238 e. The molecule has 0 saturated carbocycles. The van der Waals surface area contributed by atoms with Crippen LogP contribution in [0.4, 0.5) is 5.69 Å². The van der Waals surface area contributed by atoms with E-state index in [0.29, 0.717) is 5.11 Å². The predicted octanol–water partition coefficient (Wildman–Crippen LogP) is 0.945. The van der Waals surface area contributed by atoms with Crippen LogP contribution in [0.15, 0.2) is 65.6 Å². The Morgan fingerprint density at radius 1 is 1.11 bits per heavy atom. The average Bonchev–Trinajstić information content (AvgIpc) is 2.69. The van der Waals surface area contributed by atoms with E-state index in [4.69, 9.17) is 17.4 Å². The quantitative estimate of drug-likeness (QED) is 0.631. The maximum atomic E-state index is 11.3. The van der Waals surface area contributed by atoms with E-state index in [1.165, 1.54) is 22.6 Å². The third-order valence-corrected chi connectivity index (χ3v) is 6.00. The van der Waals surface area contributed by atoms with E-state index in [1.54, 1.807) is 12.1 Å². The topological polar surface area (TPSA) is 79.9 Å². The van der Waals surface area contributed by atoms with Gasteiger partial charge in [-0.15, -0.1) is 0 Å². The summed E-state index contributed by atoms with van der Waals surface area (Å²) in [6, 6.07) is 16.6. The summed E-state index contributed by atoms with van der Waals surface area (Å²) in [6.45, 7) is 4.81. The van der Waals surface area contributed by atoms with Crippen molar-refractivity contribution < 1.29 is 13.3 Å². The molecular weight excluding hydrogens is 392 g/mol. The zero-order valence-electron chi connectivity index (χ0n) is 15.5. The van der Waals surface area contributed by atoms with Crippen molar-refractivity contribution in [3.63, 3.8) is 0 Å². The van der Waals surface area contributed by atoms with Gasteiger partial charge >= 0.3 is 0 Å². The molecule has 6 nitrogen and oxygen atoms in total. The first kappa shape index (κ1) is 20.5. The van der Waals surface area contributed by atoms with Crippen LogP contribution >= 0.6 is 12.2 Å². The second-order valence-corrected chi connectivity index (χ2v) is 8.70. The number of anilines is 1.